The van der Waals surface area contributed by atoms with E-state index in [9.17, 15) is 14.9 Å². The third-order valence-electron chi connectivity index (χ3n) is 3.82. The number of hydrogen-bond acceptors (Lipinski definition) is 6. The van der Waals surface area contributed by atoms with Crippen LogP contribution in [0.3, 0.4) is 0 Å². The Morgan fingerprint density at radius 3 is 2.71 bits per heavy atom. The van der Waals surface area contributed by atoms with E-state index in [2.05, 4.69) is 10.3 Å². The van der Waals surface area contributed by atoms with Crippen LogP contribution in [0.1, 0.15) is 36.2 Å². The van der Waals surface area contributed by atoms with Crippen LogP contribution in [0.5, 0.6) is 0 Å². The highest BCUT2D eigenvalue weighted by atomic mass is 32.2. The number of nitro groups is 1. The number of carbonyl (C=O) groups is 1. The molecule has 1 aromatic heterocycles. The van der Waals surface area contributed by atoms with Crippen LogP contribution in [0.15, 0.2) is 12.1 Å². The van der Waals surface area contributed by atoms with Crippen LogP contribution in [0.25, 0.3) is 0 Å². The monoisotopic (exact) mass is 311 g/mol. The lowest BCUT2D eigenvalue weighted by molar-refractivity contribution is -0.384. The van der Waals surface area contributed by atoms with E-state index in [4.69, 9.17) is 5.11 Å². The maximum Gasteiger partial charge on any atom is 0.354 e. The summed E-state index contributed by atoms with van der Waals surface area (Å²) in [7, 11) is 0. The van der Waals surface area contributed by atoms with Gasteiger partial charge in [0.2, 0.25) is 5.82 Å². The van der Waals surface area contributed by atoms with E-state index in [1.807, 2.05) is 6.26 Å². The van der Waals surface area contributed by atoms with Gasteiger partial charge in [0, 0.05) is 17.4 Å². The molecule has 0 atom stereocenters. The number of pyridine rings is 1. The zero-order chi connectivity index (χ0) is 15.5. The summed E-state index contributed by atoms with van der Waals surface area (Å²) in [4.78, 5) is 25.3. The van der Waals surface area contributed by atoms with Gasteiger partial charge in [-0.1, -0.05) is 12.8 Å². The molecule has 8 heteroatoms. The highest BCUT2D eigenvalue weighted by Gasteiger charge is 2.33. The third-order valence-corrected chi connectivity index (χ3v) is 5.23. The molecule has 0 saturated heterocycles. The molecule has 114 valence electrons. The van der Waals surface area contributed by atoms with Crippen LogP contribution in [0.4, 0.5) is 11.5 Å². The first-order chi connectivity index (χ1) is 9.97. The zero-order valence-corrected chi connectivity index (χ0v) is 12.5. The van der Waals surface area contributed by atoms with Crippen molar-refractivity contribution in [3.63, 3.8) is 0 Å². The molecule has 1 aliphatic carbocycles. The van der Waals surface area contributed by atoms with E-state index in [1.54, 1.807) is 11.8 Å². The number of anilines is 1. The van der Waals surface area contributed by atoms with E-state index < -0.39 is 10.9 Å². The van der Waals surface area contributed by atoms with Crippen LogP contribution in [-0.4, -0.2) is 38.5 Å². The molecule has 0 aliphatic heterocycles. The van der Waals surface area contributed by atoms with Gasteiger partial charge in [-0.3, -0.25) is 10.1 Å². The Hall–Kier alpha value is -1.83. The summed E-state index contributed by atoms with van der Waals surface area (Å²) in [5.41, 5.74) is -0.401. The minimum Gasteiger partial charge on any atom is -0.477 e. The first-order valence-electron chi connectivity index (χ1n) is 6.65. The van der Waals surface area contributed by atoms with E-state index >= 15 is 0 Å². The summed E-state index contributed by atoms with van der Waals surface area (Å²) >= 11 is 1.75. The first kappa shape index (κ1) is 15.6. The Kier molecular flexibility index (Phi) is 4.66. The number of rotatable bonds is 6. The number of carboxylic acid groups (broad SMARTS) is 1. The molecule has 0 aromatic carbocycles. The van der Waals surface area contributed by atoms with Gasteiger partial charge in [-0.05, 0) is 25.2 Å². The predicted octanol–water partition coefficient (Wildman–Crippen LogP) is 2.78. The lowest BCUT2D eigenvalue weighted by atomic mass is 10.1. The van der Waals surface area contributed by atoms with Crippen molar-refractivity contribution in [2.45, 2.75) is 30.4 Å². The van der Waals surface area contributed by atoms with Crippen molar-refractivity contribution in [1.29, 1.82) is 0 Å². The van der Waals surface area contributed by atoms with E-state index in [0.717, 1.165) is 31.7 Å². The van der Waals surface area contributed by atoms with Crippen LogP contribution < -0.4 is 5.32 Å². The topological polar surface area (TPSA) is 105 Å². The van der Waals surface area contributed by atoms with Crippen molar-refractivity contribution in [1.82, 2.24) is 4.98 Å². The fourth-order valence-corrected chi connectivity index (χ4v) is 3.48. The second-order valence-corrected chi connectivity index (χ2v) is 6.35. The van der Waals surface area contributed by atoms with Gasteiger partial charge in [-0.2, -0.15) is 11.8 Å². The van der Waals surface area contributed by atoms with Crippen LogP contribution in [0.2, 0.25) is 0 Å². The van der Waals surface area contributed by atoms with E-state index in [1.165, 1.54) is 6.07 Å². The van der Waals surface area contributed by atoms with Gasteiger partial charge in [-0.15, -0.1) is 0 Å². The minimum absolute atomic E-state index is 0.0280. The molecule has 1 heterocycles. The number of aromatic nitrogens is 1. The van der Waals surface area contributed by atoms with Crippen molar-refractivity contribution in [3.8, 4) is 0 Å². The molecule has 0 bridgehead atoms. The predicted molar refractivity (Wildman–Crippen MR) is 81.1 cm³/mol. The van der Waals surface area contributed by atoms with E-state index in [-0.39, 0.29) is 21.9 Å². The fraction of sp³-hybridized carbons (Fsp3) is 0.538. The van der Waals surface area contributed by atoms with Crippen LogP contribution in [-0.2, 0) is 0 Å². The molecule has 0 spiro atoms. The Morgan fingerprint density at radius 2 is 2.19 bits per heavy atom. The molecule has 1 aliphatic rings. The van der Waals surface area contributed by atoms with Crippen molar-refractivity contribution in [2.75, 3.05) is 18.1 Å². The van der Waals surface area contributed by atoms with Gasteiger partial charge in [0.1, 0.15) is 0 Å². The summed E-state index contributed by atoms with van der Waals surface area (Å²) in [5, 5.41) is 23.0. The third kappa shape index (κ3) is 3.44. The molecule has 1 saturated carbocycles. The fourth-order valence-electron chi connectivity index (χ4n) is 2.57. The van der Waals surface area contributed by atoms with E-state index in [0.29, 0.717) is 6.54 Å². The Balaban J connectivity index is 2.22. The Labute approximate surface area is 126 Å². The number of aromatic carboxylic acids is 1. The Bertz CT molecular complexity index is 558. The van der Waals surface area contributed by atoms with Crippen molar-refractivity contribution in [3.05, 3.63) is 27.9 Å². The summed E-state index contributed by atoms with van der Waals surface area (Å²) in [6.45, 7) is 0.547. The molecule has 2 N–H and O–H groups in total. The minimum atomic E-state index is -1.20. The second kappa shape index (κ2) is 6.30. The molecular weight excluding hydrogens is 294 g/mol. The van der Waals surface area contributed by atoms with Crippen molar-refractivity contribution >= 4 is 29.2 Å². The quantitative estimate of drug-likeness (QED) is 0.614. The first-order valence-corrected chi connectivity index (χ1v) is 7.88. The number of nitrogens with zero attached hydrogens (tertiary/aromatic N) is 2. The second-order valence-electron chi connectivity index (χ2n) is 5.07. The van der Waals surface area contributed by atoms with Crippen molar-refractivity contribution < 1.29 is 14.8 Å². The van der Waals surface area contributed by atoms with Gasteiger partial charge < -0.3 is 10.4 Å². The van der Waals surface area contributed by atoms with Gasteiger partial charge in [0.25, 0.3) is 0 Å². The van der Waals surface area contributed by atoms with Gasteiger partial charge in [0.05, 0.1) is 4.92 Å². The number of nitrogens with one attached hydrogen (secondary N) is 1. The molecule has 7 nitrogen and oxygen atoms in total. The zero-order valence-electron chi connectivity index (χ0n) is 11.7. The lowest BCUT2D eigenvalue weighted by Gasteiger charge is -2.27. The molecule has 0 radical (unpaired) electrons. The van der Waals surface area contributed by atoms with Crippen LogP contribution in [0, 0.1) is 10.1 Å². The molecule has 1 aromatic rings. The lowest BCUT2D eigenvalue weighted by Crippen LogP contribution is -2.30. The normalized spacial score (nSPS) is 16.6. The summed E-state index contributed by atoms with van der Waals surface area (Å²) in [5.74, 6) is -1.17. The molecular formula is C13H17N3O4S. The average molecular weight is 311 g/mol. The van der Waals surface area contributed by atoms with Crippen molar-refractivity contribution in [2.24, 2.45) is 0 Å². The molecule has 1 fully saturated rings. The average Bonchev–Trinajstić information content (AvgIpc) is 2.94. The molecule has 0 amide bonds. The maximum absolute atomic E-state index is 11.0. The number of thioether (sulfide) groups is 1. The highest BCUT2D eigenvalue weighted by molar-refractivity contribution is 8.00. The molecule has 2 rings (SSSR count). The summed E-state index contributed by atoms with van der Waals surface area (Å²) < 4.78 is 0.0504. The van der Waals surface area contributed by atoms with Gasteiger partial charge in [-0.25, -0.2) is 9.78 Å². The SMILES string of the molecule is CSC1(CNc2nc(C(=O)O)ccc2[N+](=O)[O-])CCCC1. The highest BCUT2D eigenvalue weighted by Crippen LogP contribution is 2.40. The smallest absolute Gasteiger partial charge is 0.354 e. The molecule has 21 heavy (non-hydrogen) atoms. The van der Waals surface area contributed by atoms with Crippen LogP contribution >= 0.6 is 11.8 Å². The number of carboxylic acids is 1. The molecule has 0 unspecified atom stereocenters. The van der Waals surface area contributed by atoms with Gasteiger partial charge in [0.15, 0.2) is 5.69 Å². The number of hydrogen-bond donors (Lipinski definition) is 2. The summed E-state index contributed by atoms with van der Waals surface area (Å²) in [6, 6.07) is 2.32. The standard InChI is InChI=1S/C13H17N3O4S/c1-21-13(6-2-3-7-13)8-14-11-10(16(19)20)5-4-9(15-11)12(17)18/h4-5H,2-3,6-8H2,1H3,(H,14,15)(H,17,18). The maximum atomic E-state index is 11.0. The largest absolute Gasteiger partial charge is 0.477 e. The Morgan fingerprint density at radius 1 is 1.52 bits per heavy atom. The van der Waals surface area contributed by atoms with Gasteiger partial charge >= 0.3 is 11.7 Å². The summed E-state index contributed by atoms with van der Waals surface area (Å²) in [6.07, 6.45) is 6.42.